The molecule has 3 aromatic rings. The van der Waals surface area contributed by atoms with Crippen LogP contribution in [0, 0.1) is 19.8 Å². The van der Waals surface area contributed by atoms with E-state index in [1.807, 2.05) is 13.8 Å². The molecular weight excluding hydrogens is 669 g/mol. The van der Waals surface area contributed by atoms with Crippen molar-refractivity contribution in [1.29, 1.82) is 0 Å². The van der Waals surface area contributed by atoms with E-state index in [9.17, 15) is 26.7 Å². The van der Waals surface area contributed by atoms with Gasteiger partial charge in [0.1, 0.15) is 20.5 Å². The summed E-state index contributed by atoms with van der Waals surface area (Å²) in [6.07, 6.45) is 1.22. The molecule has 3 heterocycles. The maximum absolute atomic E-state index is 14.3. The van der Waals surface area contributed by atoms with Crippen LogP contribution in [0.4, 0.5) is 5.69 Å². The highest BCUT2D eigenvalue weighted by molar-refractivity contribution is 7.94. The van der Waals surface area contributed by atoms with Crippen LogP contribution in [0.5, 0.6) is 5.75 Å². The third-order valence-electron chi connectivity index (χ3n) is 8.14. The van der Waals surface area contributed by atoms with Gasteiger partial charge < -0.3 is 24.0 Å². The Morgan fingerprint density at radius 1 is 1.17 bits per heavy atom. The number of likely N-dealkylation sites (N-methyl/N-ethyl adjacent to an activating group) is 1. The normalized spacial score (nSPS) is 21.1. The fourth-order valence-electron chi connectivity index (χ4n) is 5.42. The summed E-state index contributed by atoms with van der Waals surface area (Å²) in [6.45, 7) is 8.68. The molecule has 2 aromatic heterocycles. The van der Waals surface area contributed by atoms with E-state index in [-0.39, 0.29) is 63.5 Å². The van der Waals surface area contributed by atoms with Crippen LogP contribution in [0.3, 0.4) is 0 Å². The van der Waals surface area contributed by atoms with Crippen LogP contribution in [0.25, 0.3) is 0 Å². The summed E-state index contributed by atoms with van der Waals surface area (Å²) in [5.41, 5.74) is 0.568. The number of anilines is 1. The summed E-state index contributed by atoms with van der Waals surface area (Å²) in [7, 11) is -6.38. The van der Waals surface area contributed by atoms with E-state index in [1.54, 1.807) is 44.4 Å². The van der Waals surface area contributed by atoms with Crippen LogP contribution in [-0.2, 0) is 24.8 Å². The van der Waals surface area contributed by atoms with Gasteiger partial charge in [-0.05, 0) is 76.6 Å². The van der Waals surface area contributed by atoms with Crippen LogP contribution in [0.15, 0.2) is 49.3 Å². The van der Waals surface area contributed by atoms with Crippen molar-refractivity contribution in [3.05, 3.63) is 52.7 Å². The Hall–Kier alpha value is -3.02. The van der Waals surface area contributed by atoms with Crippen molar-refractivity contribution in [3.8, 4) is 5.75 Å². The van der Waals surface area contributed by atoms with Crippen LogP contribution in [0.1, 0.15) is 61.8 Å². The molecule has 1 aliphatic heterocycles. The quantitative estimate of drug-likeness (QED) is 0.327. The molecule has 0 fully saturated rings. The number of carbonyl (C=O) groups excluding carboxylic acids is 1. The molecule has 0 bridgehead atoms. The number of nitrogens with zero attached hydrogens (tertiary/aromatic N) is 3. The number of ether oxygens (including phenoxy) is 2. The Kier molecular flexibility index (Phi) is 12.1. The second-order valence-electron chi connectivity index (χ2n) is 12.0. The molecule has 47 heavy (non-hydrogen) atoms. The van der Waals surface area contributed by atoms with E-state index in [0.717, 1.165) is 17.8 Å². The summed E-state index contributed by atoms with van der Waals surface area (Å²) in [5, 5.41) is 15.6. The molecule has 260 valence electrons. The number of amides is 1. The van der Waals surface area contributed by atoms with Gasteiger partial charge in [-0.25, -0.2) is 16.8 Å². The lowest BCUT2D eigenvalue weighted by Gasteiger charge is -2.35. The Bertz CT molecular complexity index is 1710. The summed E-state index contributed by atoms with van der Waals surface area (Å²) < 4.78 is 74.5. The molecule has 0 unspecified atom stereocenters. The molecule has 4 rings (SSSR count). The van der Waals surface area contributed by atoms with Gasteiger partial charge in [-0.1, -0.05) is 18.1 Å². The molecule has 4 atom stereocenters. The average Bonchev–Trinajstić information content (AvgIpc) is 3.69. The van der Waals surface area contributed by atoms with Crippen molar-refractivity contribution in [2.45, 2.75) is 81.2 Å². The van der Waals surface area contributed by atoms with E-state index >= 15 is 0 Å². The van der Waals surface area contributed by atoms with Gasteiger partial charge in [-0.2, -0.15) is 4.31 Å². The standard InChI is InChI=1S/C31H44N4O9S3/c1-20-17-35(21(2)19-36)31(37)26-16-25(33-46(38,39)29-11-9-15-45-29)12-13-27(26)43-22(3)10-7-8-14-42-28(20)18-34(6)47(40,41)30-23(4)32-44-24(30)5/h9,11-13,15-16,20-22,28,33,36H,7-8,10,14,17-19H2,1-6H3/t20-,21+,22-,28-/m1/s1. The zero-order valence-electron chi connectivity index (χ0n) is 27.5. The first kappa shape index (κ1) is 36.8. The van der Waals surface area contributed by atoms with Gasteiger partial charge in [-0.3, -0.25) is 9.52 Å². The SMILES string of the molecule is Cc1noc(C)c1S(=O)(=O)N(C)C[C@H]1OCCCC[C@@H](C)Oc2ccc(NS(=O)(=O)c3cccs3)cc2C(=O)N([C@@H](C)CO)C[C@H]1C. The number of aryl methyl sites for hydroxylation is 2. The predicted molar refractivity (Wildman–Crippen MR) is 178 cm³/mol. The molecule has 1 amide bonds. The van der Waals surface area contributed by atoms with E-state index in [2.05, 4.69) is 9.88 Å². The zero-order valence-corrected chi connectivity index (χ0v) is 30.0. The molecule has 0 spiro atoms. The lowest BCUT2D eigenvalue weighted by atomic mass is 10.0. The fraction of sp³-hybridized carbons (Fsp3) is 0.548. The molecule has 0 saturated heterocycles. The van der Waals surface area contributed by atoms with Crippen molar-refractivity contribution < 1.29 is 40.7 Å². The fourth-order valence-corrected chi connectivity index (χ4v) is 8.93. The smallest absolute Gasteiger partial charge is 0.271 e. The minimum Gasteiger partial charge on any atom is -0.490 e. The zero-order chi connectivity index (χ0) is 34.5. The lowest BCUT2D eigenvalue weighted by Crippen LogP contribution is -2.48. The number of aliphatic hydroxyl groups is 1. The van der Waals surface area contributed by atoms with Crippen LogP contribution in [0.2, 0.25) is 0 Å². The summed E-state index contributed by atoms with van der Waals surface area (Å²) in [6, 6.07) is 7.06. The molecule has 13 nitrogen and oxygen atoms in total. The Labute approximate surface area is 280 Å². The molecular formula is C31H44N4O9S3. The Balaban J connectivity index is 1.68. The molecule has 0 aliphatic carbocycles. The number of aromatic nitrogens is 1. The Morgan fingerprint density at radius 3 is 2.55 bits per heavy atom. The van der Waals surface area contributed by atoms with Crippen molar-refractivity contribution in [2.75, 3.05) is 38.1 Å². The maximum Gasteiger partial charge on any atom is 0.271 e. The molecule has 1 aliphatic rings. The number of hydrogen-bond acceptors (Lipinski definition) is 11. The van der Waals surface area contributed by atoms with Crippen molar-refractivity contribution in [3.63, 3.8) is 0 Å². The third-order valence-corrected chi connectivity index (χ3v) is 13.0. The number of carbonyl (C=O) groups is 1. The number of benzene rings is 1. The van der Waals surface area contributed by atoms with E-state index in [0.29, 0.717) is 25.2 Å². The largest absolute Gasteiger partial charge is 0.490 e. The topological polar surface area (TPSA) is 169 Å². The number of aliphatic hydroxyl groups excluding tert-OH is 1. The van der Waals surface area contributed by atoms with Gasteiger partial charge in [0.15, 0.2) is 5.76 Å². The minimum absolute atomic E-state index is 0.00611. The highest BCUT2D eigenvalue weighted by Gasteiger charge is 2.34. The van der Waals surface area contributed by atoms with Gasteiger partial charge >= 0.3 is 0 Å². The van der Waals surface area contributed by atoms with E-state index < -0.39 is 38.1 Å². The number of hydrogen-bond donors (Lipinski definition) is 2. The summed E-state index contributed by atoms with van der Waals surface area (Å²) in [4.78, 5) is 15.8. The van der Waals surface area contributed by atoms with Gasteiger partial charge in [0.05, 0.1) is 30.4 Å². The Morgan fingerprint density at radius 2 is 1.91 bits per heavy atom. The number of fused-ring (bicyclic) bond motifs is 1. The van der Waals surface area contributed by atoms with Gasteiger partial charge in [0, 0.05) is 38.3 Å². The molecule has 0 saturated carbocycles. The number of rotatable bonds is 9. The van der Waals surface area contributed by atoms with E-state index in [1.165, 1.54) is 28.4 Å². The first-order valence-electron chi connectivity index (χ1n) is 15.4. The van der Waals surface area contributed by atoms with Crippen LogP contribution < -0.4 is 9.46 Å². The summed E-state index contributed by atoms with van der Waals surface area (Å²) in [5.74, 6) is -0.387. The van der Waals surface area contributed by atoms with Gasteiger partial charge in [-0.15, -0.1) is 11.3 Å². The van der Waals surface area contributed by atoms with Gasteiger partial charge in [0.2, 0.25) is 10.0 Å². The molecule has 0 radical (unpaired) electrons. The number of thiophene rings is 1. The second kappa shape index (κ2) is 15.5. The van der Waals surface area contributed by atoms with E-state index in [4.69, 9.17) is 14.0 Å². The van der Waals surface area contributed by atoms with Crippen molar-refractivity contribution in [1.82, 2.24) is 14.4 Å². The monoisotopic (exact) mass is 712 g/mol. The van der Waals surface area contributed by atoms with Crippen LogP contribution in [-0.4, -0.2) is 93.8 Å². The second-order valence-corrected chi connectivity index (χ2v) is 16.8. The maximum atomic E-state index is 14.3. The first-order chi connectivity index (χ1) is 22.1. The third kappa shape index (κ3) is 8.72. The van der Waals surface area contributed by atoms with Crippen molar-refractivity contribution >= 4 is 43.0 Å². The van der Waals surface area contributed by atoms with Crippen molar-refractivity contribution in [2.24, 2.45) is 5.92 Å². The predicted octanol–water partition coefficient (Wildman–Crippen LogP) is 4.27. The molecule has 16 heteroatoms. The van der Waals surface area contributed by atoms with Gasteiger partial charge in [0.25, 0.3) is 15.9 Å². The highest BCUT2D eigenvalue weighted by Crippen LogP contribution is 2.30. The minimum atomic E-state index is -3.96. The first-order valence-corrected chi connectivity index (χ1v) is 19.3. The molecule has 2 N–H and O–H groups in total. The molecule has 1 aromatic carbocycles. The van der Waals surface area contributed by atoms with Crippen LogP contribution >= 0.6 is 11.3 Å². The summed E-state index contributed by atoms with van der Waals surface area (Å²) >= 11 is 1.07. The number of nitrogens with one attached hydrogen (secondary N) is 1. The lowest BCUT2D eigenvalue weighted by molar-refractivity contribution is -0.00835. The average molecular weight is 713 g/mol. The number of sulfonamides is 2. The highest BCUT2D eigenvalue weighted by atomic mass is 32.2.